The van der Waals surface area contributed by atoms with E-state index >= 15 is 0 Å². The Bertz CT molecular complexity index is 1550. The molecule has 3 aromatic heterocycles. The van der Waals surface area contributed by atoms with Crippen molar-refractivity contribution < 1.29 is 17.9 Å². The van der Waals surface area contributed by atoms with Gasteiger partial charge in [-0.15, -0.1) is 0 Å². The van der Waals surface area contributed by atoms with Gasteiger partial charge in [-0.1, -0.05) is 32.0 Å². The standard InChI is InChI=1S/C30H38N6O4S/c1-21(2)17-25(20-40-30(37)33-15-6-8-24-7-5-14-31-19-24)35-41(38,39)26-11-9-23(10-12-26)18-27-29-28(13-16-32-27)36(4)22(3)34-29/h5,7,9-14,16,19,21,25,35H,6,8,15,17-18,20H2,1-4H3,(H,33,37)/t25-/m0/s1. The Kier molecular flexibility index (Phi) is 10.1. The third-order valence-electron chi connectivity index (χ3n) is 6.83. The van der Waals surface area contributed by atoms with Gasteiger partial charge in [0.25, 0.3) is 0 Å². The minimum atomic E-state index is -3.83. The third-order valence-corrected chi connectivity index (χ3v) is 8.37. The zero-order valence-electron chi connectivity index (χ0n) is 24.0. The minimum absolute atomic E-state index is 0.0664. The number of alkyl carbamates (subject to hydrolysis) is 1. The Hall–Kier alpha value is -3.83. The topological polar surface area (TPSA) is 128 Å². The van der Waals surface area contributed by atoms with Crippen LogP contribution >= 0.6 is 0 Å². The first-order valence-corrected chi connectivity index (χ1v) is 15.3. The van der Waals surface area contributed by atoms with Crippen LogP contribution < -0.4 is 10.0 Å². The molecule has 11 heteroatoms. The van der Waals surface area contributed by atoms with E-state index in [2.05, 4.69) is 25.0 Å². The number of fused-ring (bicyclic) bond motifs is 1. The van der Waals surface area contributed by atoms with Crippen LogP contribution in [0.15, 0.2) is 66.0 Å². The van der Waals surface area contributed by atoms with Crippen molar-refractivity contribution in [3.63, 3.8) is 0 Å². The number of nitrogens with zero attached hydrogens (tertiary/aromatic N) is 4. The van der Waals surface area contributed by atoms with Crippen molar-refractivity contribution in [3.05, 3.63) is 83.7 Å². The Labute approximate surface area is 241 Å². The summed E-state index contributed by atoms with van der Waals surface area (Å²) < 4.78 is 36.5. The van der Waals surface area contributed by atoms with E-state index in [4.69, 9.17) is 4.74 Å². The summed E-state index contributed by atoms with van der Waals surface area (Å²) in [6.45, 7) is 6.32. The molecule has 4 rings (SSSR count). The van der Waals surface area contributed by atoms with Gasteiger partial charge in [0.1, 0.15) is 17.9 Å². The van der Waals surface area contributed by atoms with Crippen LogP contribution in [0.2, 0.25) is 0 Å². The van der Waals surface area contributed by atoms with Crippen molar-refractivity contribution in [1.29, 1.82) is 0 Å². The van der Waals surface area contributed by atoms with E-state index in [9.17, 15) is 13.2 Å². The smallest absolute Gasteiger partial charge is 0.407 e. The van der Waals surface area contributed by atoms with Crippen molar-refractivity contribution >= 4 is 27.1 Å². The molecule has 0 radical (unpaired) electrons. The van der Waals surface area contributed by atoms with Gasteiger partial charge >= 0.3 is 6.09 Å². The fourth-order valence-corrected chi connectivity index (χ4v) is 5.90. The molecule has 4 aromatic rings. The van der Waals surface area contributed by atoms with Gasteiger partial charge < -0.3 is 14.6 Å². The molecule has 2 N–H and O–H groups in total. The van der Waals surface area contributed by atoms with E-state index in [1.165, 1.54) is 0 Å². The lowest BCUT2D eigenvalue weighted by atomic mass is 10.1. The largest absolute Gasteiger partial charge is 0.448 e. The normalized spacial score (nSPS) is 12.5. The van der Waals surface area contributed by atoms with Crippen LogP contribution in [0.3, 0.4) is 0 Å². The Balaban J connectivity index is 1.32. The molecule has 0 spiro atoms. The Morgan fingerprint density at radius 1 is 1.07 bits per heavy atom. The van der Waals surface area contributed by atoms with Gasteiger partial charge in [-0.25, -0.2) is 22.9 Å². The second kappa shape index (κ2) is 13.7. The molecule has 0 saturated heterocycles. The number of aromatic nitrogens is 4. The molecule has 0 unspecified atom stereocenters. The van der Waals surface area contributed by atoms with Crippen LogP contribution in [0.5, 0.6) is 0 Å². The third kappa shape index (κ3) is 8.34. The van der Waals surface area contributed by atoms with Crippen LogP contribution in [-0.4, -0.2) is 53.2 Å². The number of nitrogens with one attached hydrogen (secondary N) is 2. The summed E-state index contributed by atoms with van der Waals surface area (Å²) in [5.74, 6) is 1.10. The monoisotopic (exact) mass is 578 g/mol. The van der Waals surface area contributed by atoms with E-state index in [-0.39, 0.29) is 17.4 Å². The van der Waals surface area contributed by atoms with E-state index in [1.807, 2.05) is 50.6 Å². The number of hydrogen-bond donors (Lipinski definition) is 2. The zero-order chi connectivity index (χ0) is 29.4. The van der Waals surface area contributed by atoms with E-state index < -0.39 is 22.2 Å². The molecule has 0 aliphatic rings. The maximum Gasteiger partial charge on any atom is 0.407 e. The molecule has 3 heterocycles. The molecule has 0 bridgehead atoms. The Morgan fingerprint density at radius 2 is 1.85 bits per heavy atom. The lowest BCUT2D eigenvalue weighted by molar-refractivity contribution is 0.133. The highest BCUT2D eigenvalue weighted by Crippen LogP contribution is 2.21. The average Bonchev–Trinajstić information content (AvgIpc) is 3.24. The summed E-state index contributed by atoms with van der Waals surface area (Å²) in [7, 11) is -1.86. The number of imidazole rings is 1. The fourth-order valence-electron chi connectivity index (χ4n) is 4.66. The number of benzene rings is 1. The van der Waals surface area contributed by atoms with Crippen molar-refractivity contribution in [1.82, 2.24) is 29.6 Å². The first-order chi connectivity index (χ1) is 19.6. The van der Waals surface area contributed by atoms with Crippen LogP contribution in [0, 0.1) is 12.8 Å². The first kappa shape index (κ1) is 30.1. The van der Waals surface area contributed by atoms with Gasteiger partial charge in [-0.2, -0.15) is 0 Å². The summed E-state index contributed by atoms with van der Waals surface area (Å²) >= 11 is 0. The summed E-state index contributed by atoms with van der Waals surface area (Å²) in [6.07, 6.45) is 7.30. The lowest BCUT2D eigenvalue weighted by Crippen LogP contribution is -2.40. The number of rotatable bonds is 13. The summed E-state index contributed by atoms with van der Waals surface area (Å²) in [5, 5.41) is 2.73. The van der Waals surface area contributed by atoms with Crippen LogP contribution in [0.25, 0.3) is 11.0 Å². The van der Waals surface area contributed by atoms with Gasteiger partial charge in [0.05, 0.1) is 22.1 Å². The van der Waals surface area contributed by atoms with Gasteiger partial charge in [-0.05, 0) is 67.5 Å². The number of pyridine rings is 2. The molecule has 1 aromatic carbocycles. The first-order valence-electron chi connectivity index (χ1n) is 13.8. The average molecular weight is 579 g/mol. The van der Waals surface area contributed by atoms with Gasteiger partial charge in [0, 0.05) is 38.6 Å². The summed E-state index contributed by atoms with van der Waals surface area (Å²) in [4.78, 5) is 25.6. The number of hydrogen-bond acceptors (Lipinski definition) is 7. The molecular weight excluding hydrogens is 540 g/mol. The quantitative estimate of drug-likeness (QED) is 0.226. The maximum absolute atomic E-state index is 13.2. The van der Waals surface area contributed by atoms with E-state index in [0.29, 0.717) is 19.4 Å². The highest BCUT2D eigenvalue weighted by Gasteiger charge is 2.22. The molecule has 0 saturated carbocycles. The molecule has 1 amide bonds. The molecule has 0 aliphatic carbocycles. The number of amides is 1. The minimum Gasteiger partial charge on any atom is -0.448 e. The second-order valence-electron chi connectivity index (χ2n) is 10.6. The maximum atomic E-state index is 13.2. The molecule has 0 aliphatic heterocycles. The molecule has 10 nitrogen and oxygen atoms in total. The van der Waals surface area contributed by atoms with Crippen molar-refractivity contribution in [2.75, 3.05) is 13.2 Å². The zero-order valence-corrected chi connectivity index (χ0v) is 24.8. The van der Waals surface area contributed by atoms with Crippen LogP contribution in [0.4, 0.5) is 4.79 Å². The lowest BCUT2D eigenvalue weighted by Gasteiger charge is -2.21. The van der Waals surface area contributed by atoms with Crippen molar-refractivity contribution in [3.8, 4) is 0 Å². The van der Waals surface area contributed by atoms with Gasteiger partial charge in [0.15, 0.2) is 0 Å². The van der Waals surface area contributed by atoms with E-state index in [0.717, 1.165) is 46.5 Å². The van der Waals surface area contributed by atoms with Gasteiger partial charge in [-0.3, -0.25) is 9.97 Å². The molecule has 218 valence electrons. The van der Waals surface area contributed by atoms with E-state index in [1.54, 1.807) is 42.9 Å². The number of carbonyl (C=O) groups is 1. The Morgan fingerprint density at radius 3 is 2.56 bits per heavy atom. The molecular formula is C30H38N6O4S. The molecule has 1 atom stereocenters. The summed E-state index contributed by atoms with van der Waals surface area (Å²) in [5.41, 5.74) is 4.71. The second-order valence-corrected chi connectivity index (χ2v) is 12.3. The molecule has 0 fully saturated rings. The number of sulfonamides is 1. The SMILES string of the molecule is Cc1nc2c(Cc3ccc(S(=O)(=O)N[C@H](COC(=O)NCCCc4cccnc4)CC(C)C)cc3)nccc2n1C. The molecule has 41 heavy (non-hydrogen) atoms. The number of carbonyl (C=O) groups excluding carboxylic acids is 1. The fraction of sp³-hybridized carbons (Fsp3) is 0.400. The van der Waals surface area contributed by atoms with Crippen LogP contribution in [-0.2, 0) is 34.6 Å². The van der Waals surface area contributed by atoms with Gasteiger partial charge in [0.2, 0.25) is 10.0 Å². The van der Waals surface area contributed by atoms with Crippen molar-refractivity contribution in [2.24, 2.45) is 13.0 Å². The summed E-state index contributed by atoms with van der Waals surface area (Å²) in [6, 6.07) is 12.0. The highest BCUT2D eigenvalue weighted by atomic mass is 32.2. The number of aryl methyl sites for hydroxylation is 3. The van der Waals surface area contributed by atoms with Crippen LogP contribution in [0.1, 0.15) is 49.3 Å². The van der Waals surface area contributed by atoms with Crippen molar-refractivity contribution in [2.45, 2.75) is 57.4 Å². The number of ether oxygens (including phenoxy) is 1. The predicted molar refractivity (Wildman–Crippen MR) is 158 cm³/mol. The predicted octanol–water partition coefficient (Wildman–Crippen LogP) is 4.31. The highest BCUT2D eigenvalue weighted by molar-refractivity contribution is 7.89.